The maximum absolute atomic E-state index is 11.0. The molecule has 1 heterocycles. The minimum Gasteiger partial charge on any atom is -0.328 e. The van der Waals surface area contributed by atoms with Crippen molar-refractivity contribution in [1.29, 1.82) is 0 Å². The zero-order chi connectivity index (χ0) is 11.3. The number of nitrogens with two attached hydrogens (primary N) is 1. The topological polar surface area (TPSA) is 60.2 Å². The molecular formula is C10H21NO2S2. The molecule has 0 aromatic heterocycles. The molecule has 1 aliphatic rings. The molecule has 5 heteroatoms. The lowest BCUT2D eigenvalue weighted by Gasteiger charge is -2.24. The molecule has 1 atom stereocenters. The third-order valence-electron chi connectivity index (χ3n) is 2.84. The normalized spacial score (nSPS) is 21.5. The van der Waals surface area contributed by atoms with E-state index in [4.69, 9.17) is 5.73 Å². The fourth-order valence-electron chi connectivity index (χ4n) is 1.89. The van der Waals surface area contributed by atoms with Gasteiger partial charge in [-0.15, -0.1) is 0 Å². The molecule has 3 nitrogen and oxygen atoms in total. The first-order valence-electron chi connectivity index (χ1n) is 5.48. The Hall–Kier alpha value is 0.260. The van der Waals surface area contributed by atoms with Gasteiger partial charge in [-0.1, -0.05) is 0 Å². The summed E-state index contributed by atoms with van der Waals surface area (Å²) in [7, 11) is -2.84. The van der Waals surface area contributed by atoms with Gasteiger partial charge in [0.2, 0.25) is 0 Å². The Balaban J connectivity index is 2.20. The molecule has 0 radical (unpaired) electrons. The summed E-state index contributed by atoms with van der Waals surface area (Å²) in [5.41, 5.74) is 5.94. The Kier molecular flexibility index (Phi) is 5.43. The van der Waals surface area contributed by atoms with Crippen LogP contribution in [0.1, 0.15) is 25.7 Å². The average molecular weight is 251 g/mol. The third kappa shape index (κ3) is 6.43. The van der Waals surface area contributed by atoms with Crippen molar-refractivity contribution in [3.05, 3.63) is 0 Å². The van der Waals surface area contributed by atoms with E-state index in [-0.39, 0.29) is 11.8 Å². The van der Waals surface area contributed by atoms with Crippen molar-refractivity contribution in [2.24, 2.45) is 11.7 Å². The van der Waals surface area contributed by atoms with Crippen LogP contribution in [0.4, 0.5) is 0 Å². The van der Waals surface area contributed by atoms with Crippen LogP contribution in [-0.2, 0) is 9.84 Å². The minimum atomic E-state index is -2.84. The summed E-state index contributed by atoms with van der Waals surface area (Å²) in [4.78, 5) is 0. The monoisotopic (exact) mass is 251 g/mol. The first kappa shape index (κ1) is 13.3. The average Bonchev–Trinajstić information content (AvgIpc) is 2.15. The van der Waals surface area contributed by atoms with E-state index >= 15 is 0 Å². The fraction of sp³-hybridized carbons (Fsp3) is 1.00. The zero-order valence-corrected chi connectivity index (χ0v) is 10.9. The lowest BCUT2D eigenvalue weighted by molar-refractivity contribution is 0.402. The number of hydrogen-bond donors (Lipinski definition) is 1. The van der Waals surface area contributed by atoms with Crippen molar-refractivity contribution in [3.63, 3.8) is 0 Å². The Morgan fingerprint density at radius 1 is 1.40 bits per heavy atom. The predicted octanol–water partition coefficient (Wildman–Crippen LogP) is 1.28. The smallest absolute Gasteiger partial charge is 0.147 e. The van der Waals surface area contributed by atoms with Gasteiger partial charge in [-0.3, -0.25) is 0 Å². The standard InChI is InChI=1S/C10H21NO2S2/c1-15(12,13)7-4-10(11)8-9-2-5-14-6-3-9/h9-10H,2-8,11H2,1H3. The van der Waals surface area contributed by atoms with Crippen LogP contribution in [0.3, 0.4) is 0 Å². The highest BCUT2D eigenvalue weighted by molar-refractivity contribution is 7.99. The van der Waals surface area contributed by atoms with Crippen LogP contribution in [0.2, 0.25) is 0 Å². The van der Waals surface area contributed by atoms with E-state index < -0.39 is 9.84 Å². The molecule has 1 fully saturated rings. The summed E-state index contributed by atoms with van der Waals surface area (Å²) in [6.07, 6.45) is 5.38. The first-order chi connectivity index (χ1) is 6.97. The van der Waals surface area contributed by atoms with Crippen LogP contribution in [0, 0.1) is 5.92 Å². The van der Waals surface area contributed by atoms with E-state index in [1.807, 2.05) is 11.8 Å². The van der Waals surface area contributed by atoms with Gasteiger partial charge in [-0.05, 0) is 43.1 Å². The van der Waals surface area contributed by atoms with Gasteiger partial charge in [0, 0.05) is 12.3 Å². The molecule has 15 heavy (non-hydrogen) atoms. The van der Waals surface area contributed by atoms with E-state index in [1.165, 1.54) is 30.6 Å². The Bertz CT molecular complexity index is 271. The van der Waals surface area contributed by atoms with Gasteiger partial charge >= 0.3 is 0 Å². The highest BCUT2D eigenvalue weighted by Crippen LogP contribution is 2.26. The quantitative estimate of drug-likeness (QED) is 0.799. The van der Waals surface area contributed by atoms with Gasteiger partial charge < -0.3 is 5.73 Å². The second kappa shape index (κ2) is 6.11. The Labute approximate surface area is 97.1 Å². The highest BCUT2D eigenvalue weighted by Gasteiger charge is 2.17. The van der Waals surface area contributed by atoms with Crippen LogP contribution in [0.15, 0.2) is 0 Å². The van der Waals surface area contributed by atoms with Crippen molar-refractivity contribution in [1.82, 2.24) is 0 Å². The molecule has 1 rings (SSSR count). The molecule has 1 saturated heterocycles. The second-order valence-electron chi connectivity index (χ2n) is 4.47. The summed E-state index contributed by atoms with van der Waals surface area (Å²) in [5, 5.41) is 0. The molecule has 1 aliphatic heterocycles. The summed E-state index contributed by atoms with van der Waals surface area (Å²) in [6.45, 7) is 0. The van der Waals surface area contributed by atoms with E-state index in [1.54, 1.807) is 0 Å². The molecule has 0 saturated carbocycles. The largest absolute Gasteiger partial charge is 0.328 e. The SMILES string of the molecule is CS(=O)(=O)CCC(N)CC1CCSCC1. The molecule has 90 valence electrons. The van der Waals surface area contributed by atoms with Gasteiger partial charge in [-0.25, -0.2) is 8.42 Å². The van der Waals surface area contributed by atoms with Gasteiger partial charge in [-0.2, -0.15) is 11.8 Å². The third-order valence-corrected chi connectivity index (χ3v) is 4.86. The van der Waals surface area contributed by atoms with Crippen molar-refractivity contribution in [2.75, 3.05) is 23.5 Å². The van der Waals surface area contributed by atoms with Crippen LogP contribution in [0.25, 0.3) is 0 Å². The number of thioether (sulfide) groups is 1. The molecule has 0 bridgehead atoms. The van der Waals surface area contributed by atoms with E-state index in [2.05, 4.69) is 0 Å². The molecule has 0 aliphatic carbocycles. The van der Waals surface area contributed by atoms with E-state index in [0.717, 1.165) is 12.3 Å². The van der Waals surface area contributed by atoms with Crippen LogP contribution < -0.4 is 5.73 Å². The van der Waals surface area contributed by atoms with E-state index in [9.17, 15) is 8.42 Å². The molecule has 1 unspecified atom stereocenters. The van der Waals surface area contributed by atoms with Gasteiger partial charge in [0.05, 0.1) is 5.75 Å². The molecular weight excluding hydrogens is 230 g/mol. The van der Waals surface area contributed by atoms with E-state index in [0.29, 0.717) is 6.42 Å². The second-order valence-corrected chi connectivity index (χ2v) is 7.95. The lowest BCUT2D eigenvalue weighted by Crippen LogP contribution is -2.27. The molecule has 0 amide bonds. The fourth-order valence-corrected chi connectivity index (χ4v) is 3.83. The van der Waals surface area contributed by atoms with Crippen molar-refractivity contribution in [3.8, 4) is 0 Å². The predicted molar refractivity (Wildman–Crippen MR) is 67.0 cm³/mol. The van der Waals surface area contributed by atoms with Crippen molar-refractivity contribution in [2.45, 2.75) is 31.7 Å². The first-order valence-corrected chi connectivity index (χ1v) is 8.70. The van der Waals surface area contributed by atoms with Crippen LogP contribution >= 0.6 is 11.8 Å². The van der Waals surface area contributed by atoms with Crippen molar-refractivity contribution < 1.29 is 8.42 Å². The van der Waals surface area contributed by atoms with Gasteiger partial charge in [0.15, 0.2) is 0 Å². The molecule has 2 N–H and O–H groups in total. The summed E-state index contributed by atoms with van der Waals surface area (Å²) in [5.74, 6) is 3.43. The van der Waals surface area contributed by atoms with Crippen LogP contribution in [-0.4, -0.2) is 38.0 Å². The van der Waals surface area contributed by atoms with Gasteiger partial charge in [0.25, 0.3) is 0 Å². The summed E-state index contributed by atoms with van der Waals surface area (Å²) in [6, 6.07) is 0.0628. The maximum Gasteiger partial charge on any atom is 0.147 e. The molecule has 0 aromatic carbocycles. The maximum atomic E-state index is 11.0. The number of hydrogen-bond acceptors (Lipinski definition) is 4. The summed E-state index contributed by atoms with van der Waals surface area (Å²) >= 11 is 2.01. The summed E-state index contributed by atoms with van der Waals surface area (Å²) < 4.78 is 21.9. The lowest BCUT2D eigenvalue weighted by atomic mass is 9.94. The Morgan fingerprint density at radius 3 is 2.53 bits per heavy atom. The Morgan fingerprint density at radius 2 is 2.00 bits per heavy atom. The highest BCUT2D eigenvalue weighted by atomic mass is 32.2. The molecule has 0 spiro atoms. The number of rotatable bonds is 5. The van der Waals surface area contributed by atoms with Crippen molar-refractivity contribution >= 4 is 21.6 Å². The van der Waals surface area contributed by atoms with Crippen LogP contribution in [0.5, 0.6) is 0 Å². The zero-order valence-electron chi connectivity index (χ0n) is 9.31. The minimum absolute atomic E-state index is 0.0628. The number of sulfone groups is 1. The van der Waals surface area contributed by atoms with Gasteiger partial charge in [0.1, 0.15) is 9.84 Å². The molecule has 0 aromatic rings.